The molecule has 0 spiro atoms. The van der Waals surface area contributed by atoms with Gasteiger partial charge in [-0.3, -0.25) is 9.69 Å². The van der Waals surface area contributed by atoms with Gasteiger partial charge in [0.05, 0.1) is 0 Å². The minimum Gasteiger partial charge on any atom is -0.314 e. The second kappa shape index (κ2) is 7.09. The van der Waals surface area contributed by atoms with E-state index in [1.807, 2.05) is 30.3 Å². The zero-order chi connectivity index (χ0) is 17.1. The number of likely N-dealkylation sites (N-methyl/N-ethyl adjacent to an activating group) is 1. The highest BCUT2D eigenvalue weighted by Crippen LogP contribution is 2.29. The summed E-state index contributed by atoms with van der Waals surface area (Å²) in [5.74, 6) is -2.02. The Morgan fingerprint density at radius 1 is 1.04 bits per heavy atom. The minimum atomic E-state index is -0.954. The average Bonchev–Trinajstić information content (AvgIpc) is 3.12. The zero-order valence-electron chi connectivity index (χ0n) is 13.6. The fourth-order valence-electron chi connectivity index (χ4n) is 3.15. The molecule has 0 saturated carbocycles. The molecule has 24 heavy (non-hydrogen) atoms. The molecule has 2 aromatic carbocycles. The highest BCUT2D eigenvalue weighted by Gasteiger charge is 2.32. The lowest BCUT2D eigenvalue weighted by Crippen LogP contribution is -2.40. The number of hydrogen-bond acceptors (Lipinski definition) is 2. The first-order valence-corrected chi connectivity index (χ1v) is 8.09. The van der Waals surface area contributed by atoms with E-state index in [1.54, 1.807) is 7.05 Å². The molecule has 1 aliphatic rings. The van der Waals surface area contributed by atoms with Gasteiger partial charge in [-0.1, -0.05) is 30.3 Å². The van der Waals surface area contributed by atoms with E-state index in [-0.39, 0.29) is 5.91 Å². The molecule has 5 heteroatoms. The number of halogens is 2. The minimum absolute atomic E-state index is 0.144. The average molecular weight is 330 g/mol. The van der Waals surface area contributed by atoms with Gasteiger partial charge in [0.15, 0.2) is 11.6 Å². The van der Waals surface area contributed by atoms with Crippen LogP contribution in [0, 0.1) is 11.6 Å². The van der Waals surface area contributed by atoms with E-state index in [0.29, 0.717) is 5.69 Å². The fourth-order valence-corrected chi connectivity index (χ4v) is 3.15. The number of likely N-dealkylation sites (tertiary alicyclic amines) is 1. The van der Waals surface area contributed by atoms with Gasteiger partial charge in [-0.15, -0.1) is 0 Å². The smallest absolute Gasteiger partial charge is 0.248 e. The van der Waals surface area contributed by atoms with Crippen molar-refractivity contribution in [1.29, 1.82) is 0 Å². The fraction of sp³-hybridized carbons (Fsp3) is 0.316. The van der Waals surface area contributed by atoms with Crippen LogP contribution in [-0.2, 0) is 4.79 Å². The van der Waals surface area contributed by atoms with Gasteiger partial charge in [0.1, 0.15) is 6.04 Å². The van der Waals surface area contributed by atoms with Crippen molar-refractivity contribution in [2.45, 2.75) is 18.9 Å². The topological polar surface area (TPSA) is 23.6 Å². The van der Waals surface area contributed by atoms with Crippen LogP contribution in [0.15, 0.2) is 48.5 Å². The van der Waals surface area contributed by atoms with Crippen LogP contribution in [0.25, 0.3) is 0 Å². The maximum absolute atomic E-state index is 13.5. The molecule has 1 saturated heterocycles. The number of nitrogens with zero attached hydrogens (tertiary/aromatic N) is 2. The van der Waals surface area contributed by atoms with Crippen LogP contribution in [0.2, 0.25) is 0 Å². The molecule has 0 aliphatic carbocycles. The molecule has 0 aromatic heterocycles. The van der Waals surface area contributed by atoms with Crippen molar-refractivity contribution in [2.75, 3.05) is 25.0 Å². The van der Waals surface area contributed by atoms with Gasteiger partial charge in [-0.05, 0) is 43.6 Å². The summed E-state index contributed by atoms with van der Waals surface area (Å²) in [5, 5.41) is 0. The van der Waals surface area contributed by atoms with Crippen molar-refractivity contribution in [2.24, 2.45) is 0 Å². The Bertz CT molecular complexity index is 715. The molecule has 1 unspecified atom stereocenters. The van der Waals surface area contributed by atoms with Crippen LogP contribution in [0.4, 0.5) is 14.5 Å². The molecule has 0 bridgehead atoms. The molecular weight excluding hydrogens is 310 g/mol. The monoisotopic (exact) mass is 330 g/mol. The molecule has 0 radical (unpaired) electrons. The van der Waals surface area contributed by atoms with E-state index in [4.69, 9.17) is 0 Å². The summed E-state index contributed by atoms with van der Waals surface area (Å²) in [5.41, 5.74) is 1.26. The van der Waals surface area contributed by atoms with Crippen molar-refractivity contribution in [3.63, 3.8) is 0 Å². The number of rotatable bonds is 4. The normalized spacial score (nSPS) is 16.1. The molecule has 1 aliphatic heterocycles. The van der Waals surface area contributed by atoms with Crippen LogP contribution in [-0.4, -0.2) is 30.9 Å². The maximum Gasteiger partial charge on any atom is 0.248 e. The molecule has 2 aromatic rings. The van der Waals surface area contributed by atoms with Crippen molar-refractivity contribution < 1.29 is 13.6 Å². The first-order chi connectivity index (χ1) is 11.6. The van der Waals surface area contributed by atoms with E-state index < -0.39 is 17.7 Å². The van der Waals surface area contributed by atoms with Crippen molar-refractivity contribution in [1.82, 2.24) is 4.90 Å². The van der Waals surface area contributed by atoms with Gasteiger partial charge < -0.3 is 4.90 Å². The quantitative estimate of drug-likeness (QED) is 0.852. The van der Waals surface area contributed by atoms with Gasteiger partial charge in [-0.2, -0.15) is 0 Å². The Morgan fingerprint density at radius 2 is 1.71 bits per heavy atom. The number of carbonyl (C=O) groups is 1. The van der Waals surface area contributed by atoms with Gasteiger partial charge >= 0.3 is 0 Å². The molecule has 1 atom stereocenters. The maximum atomic E-state index is 13.5. The third-order valence-corrected chi connectivity index (χ3v) is 4.48. The lowest BCUT2D eigenvalue weighted by atomic mass is 10.0. The Morgan fingerprint density at radius 3 is 2.33 bits per heavy atom. The van der Waals surface area contributed by atoms with E-state index in [1.165, 1.54) is 11.0 Å². The Hall–Kier alpha value is -2.27. The van der Waals surface area contributed by atoms with Gasteiger partial charge in [0.2, 0.25) is 5.91 Å². The largest absolute Gasteiger partial charge is 0.314 e. The first-order valence-electron chi connectivity index (χ1n) is 8.09. The van der Waals surface area contributed by atoms with E-state index in [9.17, 15) is 13.6 Å². The summed E-state index contributed by atoms with van der Waals surface area (Å²) >= 11 is 0. The van der Waals surface area contributed by atoms with Gasteiger partial charge in [0, 0.05) is 18.8 Å². The molecule has 3 nitrogen and oxygen atoms in total. The Labute approximate surface area is 140 Å². The van der Waals surface area contributed by atoms with Crippen molar-refractivity contribution >= 4 is 11.6 Å². The summed E-state index contributed by atoms with van der Waals surface area (Å²) in [6.07, 6.45) is 2.12. The predicted molar refractivity (Wildman–Crippen MR) is 89.8 cm³/mol. The van der Waals surface area contributed by atoms with E-state index in [2.05, 4.69) is 4.90 Å². The standard InChI is InChI=1S/C19H20F2N2O/c1-22(15-9-10-16(20)17(21)13-15)19(24)18(23-11-5-6-12-23)14-7-3-2-4-8-14/h2-4,7-10,13,18H,5-6,11-12H2,1H3. The highest BCUT2D eigenvalue weighted by molar-refractivity contribution is 5.97. The summed E-state index contributed by atoms with van der Waals surface area (Å²) in [4.78, 5) is 16.6. The molecule has 1 fully saturated rings. The van der Waals surface area contributed by atoms with Crippen LogP contribution < -0.4 is 4.90 Å². The second-order valence-electron chi connectivity index (χ2n) is 6.05. The van der Waals surface area contributed by atoms with E-state index in [0.717, 1.165) is 43.6 Å². The van der Waals surface area contributed by atoms with Crippen LogP contribution >= 0.6 is 0 Å². The predicted octanol–water partition coefficient (Wildman–Crippen LogP) is 3.76. The van der Waals surface area contributed by atoms with Crippen LogP contribution in [0.5, 0.6) is 0 Å². The summed E-state index contributed by atoms with van der Waals surface area (Å²) in [6.45, 7) is 1.72. The number of benzene rings is 2. The third-order valence-electron chi connectivity index (χ3n) is 4.48. The molecular formula is C19H20F2N2O. The molecule has 126 valence electrons. The lowest BCUT2D eigenvalue weighted by molar-refractivity contribution is -0.123. The number of amides is 1. The van der Waals surface area contributed by atoms with Crippen molar-refractivity contribution in [3.8, 4) is 0 Å². The molecule has 1 amide bonds. The number of carbonyl (C=O) groups excluding carboxylic acids is 1. The van der Waals surface area contributed by atoms with Crippen LogP contribution in [0.3, 0.4) is 0 Å². The molecule has 0 N–H and O–H groups in total. The van der Waals surface area contributed by atoms with E-state index >= 15 is 0 Å². The summed E-state index contributed by atoms with van der Waals surface area (Å²) in [7, 11) is 1.60. The number of anilines is 1. The SMILES string of the molecule is CN(C(=O)C(c1ccccc1)N1CCCC1)c1ccc(F)c(F)c1. The van der Waals surface area contributed by atoms with Gasteiger partial charge in [0.25, 0.3) is 0 Å². The molecule has 1 heterocycles. The third kappa shape index (κ3) is 3.31. The van der Waals surface area contributed by atoms with Crippen molar-refractivity contribution in [3.05, 3.63) is 65.7 Å². The molecule has 3 rings (SSSR count). The van der Waals surface area contributed by atoms with Crippen LogP contribution in [0.1, 0.15) is 24.4 Å². The summed E-state index contributed by atoms with van der Waals surface area (Å²) in [6, 6.07) is 12.7. The second-order valence-corrected chi connectivity index (χ2v) is 6.05. The number of hydrogen-bond donors (Lipinski definition) is 0. The highest BCUT2D eigenvalue weighted by atomic mass is 19.2. The lowest BCUT2D eigenvalue weighted by Gasteiger charge is -2.30. The van der Waals surface area contributed by atoms with Gasteiger partial charge in [-0.25, -0.2) is 8.78 Å². The summed E-state index contributed by atoms with van der Waals surface area (Å²) < 4.78 is 26.7. The first kappa shape index (κ1) is 16.6. The zero-order valence-corrected chi connectivity index (χ0v) is 13.6. The Balaban J connectivity index is 1.91. The Kier molecular flexibility index (Phi) is 4.90.